The summed E-state index contributed by atoms with van der Waals surface area (Å²) in [5.41, 5.74) is -0.885. The van der Waals surface area contributed by atoms with Crippen LogP contribution in [-0.2, 0) is 9.59 Å². The Morgan fingerprint density at radius 2 is 2.00 bits per heavy atom. The number of nitrogens with zero attached hydrogens (tertiary/aromatic N) is 2. The van der Waals surface area contributed by atoms with Crippen LogP contribution in [0.2, 0.25) is 0 Å². The average Bonchev–Trinajstić information content (AvgIpc) is 2.84. The Labute approximate surface area is 102 Å². The minimum atomic E-state index is -0.885. The first kappa shape index (κ1) is 13.5. The standard InChI is InChI=1S/C12H19N3O2/c1-3-15(8-10(16)14-2)11(17)12(9-13)6-4-5-7-12/h3-8H2,1-2H3,(H,14,16). The normalized spacial score (nSPS) is 17.2. The van der Waals surface area contributed by atoms with Crippen molar-refractivity contribution in [2.75, 3.05) is 20.1 Å². The summed E-state index contributed by atoms with van der Waals surface area (Å²) < 4.78 is 0. The van der Waals surface area contributed by atoms with Crippen LogP contribution in [0.4, 0.5) is 0 Å². The zero-order valence-electron chi connectivity index (χ0n) is 10.5. The Morgan fingerprint density at radius 1 is 1.41 bits per heavy atom. The van der Waals surface area contributed by atoms with Gasteiger partial charge in [-0.3, -0.25) is 9.59 Å². The zero-order chi connectivity index (χ0) is 12.9. The molecular formula is C12H19N3O2. The van der Waals surface area contributed by atoms with Crippen molar-refractivity contribution in [2.24, 2.45) is 5.41 Å². The number of hydrogen-bond donors (Lipinski definition) is 1. The molecule has 0 unspecified atom stereocenters. The van der Waals surface area contributed by atoms with Crippen molar-refractivity contribution in [1.82, 2.24) is 10.2 Å². The molecule has 1 saturated carbocycles. The van der Waals surface area contributed by atoms with Crippen LogP contribution in [0.5, 0.6) is 0 Å². The number of carbonyl (C=O) groups excluding carboxylic acids is 2. The number of nitrogens with one attached hydrogen (secondary N) is 1. The number of likely N-dealkylation sites (N-methyl/N-ethyl adjacent to an activating group) is 2. The van der Waals surface area contributed by atoms with Gasteiger partial charge in [0.25, 0.3) is 0 Å². The fourth-order valence-electron chi connectivity index (χ4n) is 2.23. The Morgan fingerprint density at radius 3 is 2.41 bits per heavy atom. The van der Waals surface area contributed by atoms with Gasteiger partial charge in [-0.1, -0.05) is 12.8 Å². The third-order valence-corrected chi connectivity index (χ3v) is 3.36. The summed E-state index contributed by atoms with van der Waals surface area (Å²) in [7, 11) is 1.54. The van der Waals surface area contributed by atoms with Gasteiger partial charge in [0.15, 0.2) is 0 Å². The van der Waals surface area contributed by atoms with E-state index in [1.165, 1.54) is 11.9 Å². The third kappa shape index (κ3) is 2.76. The molecule has 0 radical (unpaired) electrons. The molecule has 0 aromatic carbocycles. The Kier molecular flexibility index (Phi) is 4.50. The average molecular weight is 237 g/mol. The third-order valence-electron chi connectivity index (χ3n) is 3.36. The largest absolute Gasteiger partial charge is 0.358 e. The first-order valence-electron chi connectivity index (χ1n) is 6.01. The molecule has 0 aromatic heterocycles. The second-order valence-corrected chi connectivity index (χ2v) is 4.39. The van der Waals surface area contributed by atoms with Crippen molar-refractivity contribution in [1.29, 1.82) is 5.26 Å². The summed E-state index contributed by atoms with van der Waals surface area (Å²) in [6.07, 6.45) is 3.06. The summed E-state index contributed by atoms with van der Waals surface area (Å²) in [5.74, 6) is -0.394. The molecule has 5 heteroatoms. The molecule has 5 nitrogen and oxygen atoms in total. The summed E-state index contributed by atoms with van der Waals surface area (Å²) in [6.45, 7) is 2.31. The molecule has 1 aliphatic rings. The zero-order valence-corrected chi connectivity index (χ0v) is 10.5. The van der Waals surface area contributed by atoms with E-state index in [1.54, 1.807) is 0 Å². The molecule has 1 rings (SSSR count). The lowest BCUT2D eigenvalue weighted by molar-refractivity contribution is -0.141. The highest BCUT2D eigenvalue weighted by molar-refractivity contribution is 5.89. The molecule has 0 atom stereocenters. The van der Waals surface area contributed by atoms with Gasteiger partial charge < -0.3 is 10.2 Å². The van der Waals surface area contributed by atoms with Crippen LogP contribution < -0.4 is 5.32 Å². The van der Waals surface area contributed by atoms with E-state index in [9.17, 15) is 14.9 Å². The van der Waals surface area contributed by atoms with E-state index in [-0.39, 0.29) is 18.4 Å². The smallest absolute Gasteiger partial charge is 0.243 e. The topological polar surface area (TPSA) is 73.2 Å². The van der Waals surface area contributed by atoms with Crippen LogP contribution in [0, 0.1) is 16.7 Å². The van der Waals surface area contributed by atoms with Crippen molar-refractivity contribution in [2.45, 2.75) is 32.6 Å². The number of rotatable bonds is 4. The molecule has 0 aromatic rings. The molecular weight excluding hydrogens is 218 g/mol. The van der Waals surface area contributed by atoms with E-state index in [1.807, 2.05) is 6.92 Å². The van der Waals surface area contributed by atoms with Crippen LogP contribution in [0.25, 0.3) is 0 Å². The lowest BCUT2D eigenvalue weighted by Gasteiger charge is -2.28. The van der Waals surface area contributed by atoms with Gasteiger partial charge in [0, 0.05) is 13.6 Å². The van der Waals surface area contributed by atoms with Crippen LogP contribution in [0.15, 0.2) is 0 Å². The molecule has 0 saturated heterocycles. The predicted octanol–water partition coefficient (Wildman–Crippen LogP) is 0.665. The lowest BCUT2D eigenvalue weighted by atomic mass is 9.86. The summed E-state index contributed by atoms with van der Waals surface area (Å²) in [6, 6.07) is 2.16. The van der Waals surface area contributed by atoms with E-state index in [2.05, 4.69) is 11.4 Å². The lowest BCUT2D eigenvalue weighted by Crippen LogP contribution is -2.46. The number of hydrogen-bond acceptors (Lipinski definition) is 3. The maximum Gasteiger partial charge on any atom is 0.243 e. The van der Waals surface area contributed by atoms with Crippen LogP contribution >= 0.6 is 0 Å². The van der Waals surface area contributed by atoms with Crippen molar-refractivity contribution in [3.8, 4) is 6.07 Å². The highest BCUT2D eigenvalue weighted by Crippen LogP contribution is 2.39. The summed E-state index contributed by atoms with van der Waals surface area (Å²) >= 11 is 0. The molecule has 17 heavy (non-hydrogen) atoms. The van der Waals surface area contributed by atoms with Crippen LogP contribution in [0.3, 0.4) is 0 Å². The molecule has 2 amide bonds. The quantitative estimate of drug-likeness (QED) is 0.780. The molecule has 0 aliphatic heterocycles. The predicted molar refractivity (Wildman–Crippen MR) is 62.8 cm³/mol. The van der Waals surface area contributed by atoms with Gasteiger partial charge >= 0.3 is 0 Å². The fourth-order valence-corrected chi connectivity index (χ4v) is 2.23. The van der Waals surface area contributed by atoms with E-state index >= 15 is 0 Å². The highest BCUT2D eigenvalue weighted by atomic mass is 16.2. The molecule has 94 valence electrons. The minimum Gasteiger partial charge on any atom is -0.358 e. The van der Waals surface area contributed by atoms with Gasteiger partial charge in [-0.15, -0.1) is 0 Å². The Bertz CT molecular complexity index is 340. The van der Waals surface area contributed by atoms with Crippen molar-refractivity contribution >= 4 is 11.8 Å². The van der Waals surface area contributed by atoms with Crippen molar-refractivity contribution < 1.29 is 9.59 Å². The molecule has 0 bridgehead atoms. The number of carbonyl (C=O) groups is 2. The summed E-state index contributed by atoms with van der Waals surface area (Å²) in [5, 5.41) is 11.7. The number of amides is 2. The Hall–Kier alpha value is -1.57. The van der Waals surface area contributed by atoms with E-state index in [0.717, 1.165) is 12.8 Å². The molecule has 1 fully saturated rings. The van der Waals surface area contributed by atoms with Crippen LogP contribution in [-0.4, -0.2) is 36.9 Å². The van der Waals surface area contributed by atoms with Gasteiger partial charge in [0.05, 0.1) is 12.6 Å². The van der Waals surface area contributed by atoms with Gasteiger partial charge in [-0.25, -0.2) is 0 Å². The maximum absolute atomic E-state index is 12.3. The second kappa shape index (κ2) is 5.67. The first-order valence-corrected chi connectivity index (χ1v) is 6.01. The van der Waals surface area contributed by atoms with E-state index < -0.39 is 5.41 Å². The Balaban J connectivity index is 2.78. The monoisotopic (exact) mass is 237 g/mol. The highest BCUT2D eigenvalue weighted by Gasteiger charge is 2.43. The van der Waals surface area contributed by atoms with Gasteiger partial charge in [-0.2, -0.15) is 5.26 Å². The second-order valence-electron chi connectivity index (χ2n) is 4.39. The maximum atomic E-state index is 12.3. The van der Waals surface area contributed by atoms with Crippen molar-refractivity contribution in [3.63, 3.8) is 0 Å². The minimum absolute atomic E-state index is 0.0370. The number of nitriles is 1. The first-order chi connectivity index (χ1) is 8.09. The van der Waals surface area contributed by atoms with Gasteiger partial charge in [0.2, 0.25) is 11.8 Å². The molecule has 1 N–H and O–H groups in total. The summed E-state index contributed by atoms with van der Waals surface area (Å²) in [4.78, 5) is 25.1. The van der Waals surface area contributed by atoms with Crippen molar-refractivity contribution in [3.05, 3.63) is 0 Å². The molecule has 0 spiro atoms. The van der Waals surface area contributed by atoms with Gasteiger partial charge in [0.1, 0.15) is 5.41 Å². The molecule has 0 heterocycles. The van der Waals surface area contributed by atoms with E-state index in [0.29, 0.717) is 19.4 Å². The van der Waals surface area contributed by atoms with E-state index in [4.69, 9.17) is 0 Å². The molecule has 1 aliphatic carbocycles. The van der Waals surface area contributed by atoms with Gasteiger partial charge in [-0.05, 0) is 19.8 Å². The van der Waals surface area contributed by atoms with Crippen LogP contribution in [0.1, 0.15) is 32.6 Å². The SMILES string of the molecule is CCN(CC(=O)NC)C(=O)C1(C#N)CCCC1. The fraction of sp³-hybridized carbons (Fsp3) is 0.750.